The lowest BCUT2D eigenvalue weighted by molar-refractivity contribution is 0.0963. The molecule has 0 saturated heterocycles. The Kier molecular flexibility index (Phi) is 2.83. The average molecular weight is 257 g/mol. The zero-order valence-electron chi connectivity index (χ0n) is 10.7. The Labute approximate surface area is 111 Å². The van der Waals surface area contributed by atoms with Gasteiger partial charge in [-0.3, -0.25) is 4.79 Å². The van der Waals surface area contributed by atoms with E-state index in [1.807, 2.05) is 24.3 Å². The van der Waals surface area contributed by atoms with Gasteiger partial charge in [0.25, 0.3) is 5.91 Å². The molecule has 1 amide bonds. The van der Waals surface area contributed by atoms with E-state index < -0.39 is 6.10 Å². The lowest BCUT2D eigenvalue weighted by atomic mass is 9.98. The molecule has 1 unspecified atom stereocenters. The maximum absolute atomic E-state index is 12.5. The highest BCUT2D eigenvalue weighted by atomic mass is 16.3. The molecule has 1 N–H and O–H groups in total. The number of fused-ring (bicyclic) bond motifs is 1. The van der Waals surface area contributed by atoms with E-state index in [0.717, 1.165) is 11.3 Å². The van der Waals surface area contributed by atoms with Crippen molar-refractivity contribution in [1.29, 1.82) is 0 Å². The molecule has 19 heavy (non-hydrogen) atoms. The van der Waals surface area contributed by atoms with E-state index in [9.17, 15) is 9.90 Å². The van der Waals surface area contributed by atoms with Crippen LogP contribution < -0.4 is 4.90 Å². The molecule has 1 aromatic heterocycles. The second-order valence-corrected chi connectivity index (χ2v) is 4.71. The Morgan fingerprint density at radius 2 is 2.21 bits per heavy atom. The average Bonchev–Trinajstić information content (AvgIpc) is 2.85. The summed E-state index contributed by atoms with van der Waals surface area (Å²) in [6.45, 7) is 0.516. The maximum atomic E-state index is 12.5. The van der Waals surface area contributed by atoms with Gasteiger partial charge >= 0.3 is 0 Å². The van der Waals surface area contributed by atoms with Crippen LogP contribution in [0.4, 0.5) is 5.69 Å². The van der Waals surface area contributed by atoms with Crippen LogP contribution in [-0.2, 0) is 7.05 Å². The van der Waals surface area contributed by atoms with E-state index in [-0.39, 0.29) is 5.91 Å². The molecular formula is C14H15N3O2. The van der Waals surface area contributed by atoms with E-state index in [4.69, 9.17) is 0 Å². The number of benzene rings is 1. The summed E-state index contributed by atoms with van der Waals surface area (Å²) in [5.41, 5.74) is 2.14. The van der Waals surface area contributed by atoms with Gasteiger partial charge in [-0.05, 0) is 12.5 Å². The SMILES string of the molecule is Cn1cncc1C(=O)N1CCC(O)c2ccccc21. The molecular weight excluding hydrogens is 242 g/mol. The Morgan fingerprint density at radius 3 is 2.95 bits per heavy atom. The monoisotopic (exact) mass is 257 g/mol. The molecule has 5 heteroatoms. The van der Waals surface area contributed by atoms with Crippen molar-refractivity contribution in [3.8, 4) is 0 Å². The first-order valence-electron chi connectivity index (χ1n) is 6.23. The number of rotatable bonds is 1. The van der Waals surface area contributed by atoms with Gasteiger partial charge in [0.05, 0.1) is 18.6 Å². The minimum Gasteiger partial charge on any atom is -0.388 e. The Balaban J connectivity index is 2.01. The molecule has 1 aromatic carbocycles. The number of imidazole rings is 1. The molecule has 0 fully saturated rings. The number of nitrogens with zero attached hydrogens (tertiary/aromatic N) is 3. The summed E-state index contributed by atoms with van der Waals surface area (Å²) in [5.74, 6) is -0.0839. The lowest BCUT2D eigenvalue weighted by Gasteiger charge is -2.32. The molecule has 0 saturated carbocycles. The number of aromatic nitrogens is 2. The van der Waals surface area contributed by atoms with E-state index >= 15 is 0 Å². The van der Waals surface area contributed by atoms with Gasteiger partial charge in [0.15, 0.2) is 0 Å². The number of amides is 1. The van der Waals surface area contributed by atoms with Crippen LogP contribution in [-0.4, -0.2) is 27.1 Å². The third-order valence-corrected chi connectivity index (χ3v) is 3.49. The smallest absolute Gasteiger partial charge is 0.276 e. The summed E-state index contributed by atoms with van der Waals surface area (Å²) < 4.78 is 1.70. The molecule has 1 aliphatic heterocycles. The first-order chi connectivity index (χ1) is 9.18. The highest BCUT2D eigenvalue weighted by Gasteiger charge is 2.28. The Morgan fingerprint density at radius 1 is 1.42 bits per heavy atom. The molecule has 5 nitrogen and oxygen atoms in total. The fraction of sp³-hybridized carbons (Fsp3) is 0.286. The molecule has 0 bridgehead atoms. The Bertz CT molecular complexity index is 621. The molecule has 0 spiro atoms. The molecule has 3 rings (SSSR count). The van der Waals surface area contributed by atoms with Gasteiger partial charge in [0, 0.05) is 24.8 Å². The van der Waals surface area contributed by atoms with Crippen molar-refractivity contribution in [3.63, 3.8) is 0 Å². The van der Waals surface area contributed by atoms with Crippen molar-refractivity contribution < 1.29 is 9.90 Å². The third kappa shape index (κ3) is 1.92. The number of hydrogen-bond acceptors (Lipinski definition) is 3. The van der Waals surface area contributed by atoms with Crippen LogP contribution in [0.1, 0.15) is 28.6 Å². The van der Waals surface area contributed by atoms with Gasteiger partial charge in [-0.15, -0.1) is 0 Å². The quantitative estimate of drug-likeness (QED) is 0.842. The molecule has 0 radical (unpaired) electrons. The summed E-state index contributed by atoms with van der Waals surface area (Å²) in [6, 6.07) is 7.48. The van der Waals surface area contributed by atoms with Gasteiger partial charge in [-0.25, -0.2) is 4.98 Å². The number of aryl methyl sites for hydroxylation is 1. The first kappa shape index (κ1) is 11.9. The number of carbonyl (C=O) groups excluding carboxylic acids is 1. The molecule has 1 aliphatic rings. The van der Waals surface area contributed by atoms with Crippen molar-refractivity contribution >= 4 is 11.6 Å². The number of aliphatic hydroxyl groups is 1. The first-order valence-corrected chi connectivity index (χ1v) is 6.23. The van der Waals surface area contributed by atoms with Crippen molar-refractivity contribution in [3.05, 3.63) is 48.0 Å². The van der Waals surface area contributed by atoms with Gasteiger partial charge in [0.2, 0.25) is 0 Å². The summed E-state index contributed by atoms with van der Waals surface area (Å²) >= 11 is 0. The molecule has 2 aromatic rings. The standard InChI is InChI=1S/C14H15N3O2/c1-16-9-15-8-12(16)14(19)17-7-6-13(18)10-4-2-3-5-11(10)17/h2-5,8-9,13,18H,6-7H2,1H3. The number of hydrogen-bond donors (Lipinski definition) is 1. The van der Waals surface area contributed by atoms with E-state index in [1.54, 1.807) is 29.0 Å². The lowest BCUT2D eigenvalue weighted by Crippen LogP contribution is -2.37. The number of anilines is 1. The second-order valence-electron chi connectivity index (χ2n) is 4.71. The van der Waals surface area contributed by atoms with Crippen molar-refractivity contribution in [2.24, 2.45) is 7.05 Å². The summed E-state index contributed by atoms with van der Waals surface area (Å²) in [4.78, 5) is 18.2. The Hall–Kier alpha value is -2.14. The highest BCUT2D eigenvalue weighted by Crippen LogP contribution is 2.34. The van der Waals surface area contributed by atoms with Gasteiger partial charge in [-0.1, -0.05) is 18.2 Å². The van der Waals surface area contributed by atoms with E-state index in [2.05, 4.69) is 4.98 Å². The number of aliphatic hydroxyl groups excluding tert-OH is 1. The van der Waals surface area contributed by atoms with E-state index in [1.165, 1.54) is 0 Å². The molecule has 98 valence electrons. The minimum absolute atomic E-state index is 0.0839. The highest BCUT2D eigenvalue weighted by molar-refractivity contribution is 6.05. The van der Waals surface area contributed by atoms with E-state index in [0.29, 0.717) is 18.7 Å². The predicted molar refractivity (Wildman–Crippen MR) is 70.9 cm³/mol. The van der Waals surface area contributed by atoms with Gasteiger partial charge in [0.1, 0.15) is 5.69 Å². The zero-order chi connectivity index (χ0) is 13.4. The summed E-state index contributed by atoms with van der Waals surface area (Å²) in [6.07, 6.45) is 3.24. The van der Waals surface area contributed by atoms with Crippen LogP contribution >= 0.6 is 0 Å². The third-order valence-electron chi connectivity index (χ3n) is 3.49. The largest absolute Gasteiger partial charge is 0.388 e. The normalized spacial score (nSPS) is 18.2. The number of carbonyl (C=O) groups is 1. The summed E-state index contributed by atoms with van der Waals surface area (Å²) in [5, 5.41) is 9.99. The predicted octanol–water partition coefficient (Wildman–Crippen LogP) is 1.50. The van der Waals surface area contributed by atoms with Crippen LogP contribution in [0, 0.1) is 0 Å². The minimum atomic E-state index is -0.494. The van der Waals surface area contributed by atoms with Gasteiger partial charge in [-0.2, -0.15) is 0 Å². The van der Waals surface area contributed by atoms with Crippen LogP contribution in [0.25, 0.3) is 0 Å². The molecule has 0 aliphatic carbocycles. The maximum Gasteiger partial charge on any atom is 0.276 e. The molecule has 1 atom stereocenters. The number of para-hydroxylation sites is 1. The topological polar surface area (TPSA) is 58.4 Å². The van der Waals surface area contributed by atoms with Crippen LogP contribution in [0.15, 0.2) is 36.8 Å². The fourth-order valence-corrected chi connectivity index (χ4v) is 2.45. The fourth-order valence-electron chi connectivity index (χ4n) is 2.45. The van der Waals surface area contributed by atoms with Crippen molar-refractivity contribution in [2.45, 2.75) is 12.5 Å². The van der Waals surface area contributed by atoms with Gasteiger partial charge < -0.3 is 14.6 Å². The zero-order valence-corrected chi connectivity index (χ0v) is 10.7. The molecule has 2 heterocycles. The van der Waals surface area contributed by atoms with Crippen molar-refractivity contribution in [1.82, 2.24) is 9.55 Å². The van der Waals surface area contributed by atoms with Crippen molar-refractivity contribution in [2.75, 3.05) is 11.4 Å². The summed E-state index contributed by atoms with van der Waals surface area (Å²) in [7, 11) is 1.80. The second kappa shape index (κ2) is 4.51. The van der Waals surface area contributed by atoms with Crippen LogP contribution in [0.3, 0.4) is 0 Å². The van der Waals surface area contributed by atoms with Crippen LogP contribution in [0.5, 0.6) is 0 Å². The van der Waals surface area contributed by atoms with Crippen LogP contribution in [0.2, 0.25) is 0 Å².